The van der Waals surface area contributed by atoms with Gasteiger partial charge >= 0.3 is 0 Å². The van der Waals surface area contributed by atoms with Gasteiger partial charge < -0.3 is 5.32 Å². The van der Waals surface area contributed by atoms with Crippen LogP contribution in [0.1, 0.15) is 19.4 Å². The van der Waals surface area contributed by atoms with Gasteiger partial charge in [-0.05, 0) is 17.7 Å². The Kier molecular flexibility index (Phi) is 5.43. The molecule has 0 unspecified atom stereocenters. The lowest BCUT2D eigenvalue weighted by Gasteiger charge is -2.08. The zero-order valence-corrected chi connectivity index (χ0v) is 11.7. The lowest BCUT2D eigenvalue weighted by molar-refractivity contribution is 0.577. The number of benzene rings is 1. The van der Waals surface area contributed by atoms with Crippen LogP contribution in [0.4, 0.5) is 0 Å². The van der Waals surface area contributed by atoms with Gasteiger partial charge in [0.05, 0.1) is 11.5 Å². The molecule has 0 spiro atoms. The van der Waals surface area contributed by atoms with Gasteiger partial charge in [0.25, 0.3) is 0 Å². The van der Waals surface area contributed by atoms with Gasteiger partial charge in [-0.2, -0.15) is 0 Å². The second-order valence-corrected chi connectivity index (χ2v) is 6.95. The van der Waals surface area contributed by atoms with Gasteiger partial charge in [-0.15, -0.1) is 0 Å². The molecular formula is C12H18ClNO2S. The molecule has 0 heterocycles. The molecule has 1 aromatic carbocycles. The first-order valence-corrected chi connectivity index (χ1v) is 7.77. The fourth-order valence-electron chi connectivity index (χ4n) is 1.41. The molecule has 1 N–H and O–H groups in total. The van der Waals surface area contributed by atoms with Crippen LogP contribution in [0.25, 0.3) is 0 Å². The summed E-state index contributed by atoms with van der Waals surface area (Å²) >= 11 is 5.74. The molecule has 0 radical (unpaired) electrons. The first kappa shape index (κ1) is 14.5. The molecule has 0 atom stereocenters. The molecule has 0 aliphatic heterocycles. The van der Waals surface area contributed by atoms with Crippen LogP contribution in [0.5, 0.6) is 0 Å². The molecule has 3 nitrogen and oxygen atoms in total. The Morgan fingerprint density at radius 2 is 1.82 bits per heavy atom. The Morgan fingerprint density at radius 3 is 2.35 bits per heavy atom. The molecule has 0 amide bonds. The van der Waals surface area contributed by atoms with Crippen LogP contribution in [0.2, 0.25) is 5.02 Å². The number of hydrogen-bond acceptors (Lipinski definition) is 3. The summed E-state index contributed by atoms with van der Waals surface area (Å²) in [5.74, 6) is 0.234. The molecule has 0 aliphatic carbocycles. The second kappa shape index (κ2) is 6.38. The zero-order valence-electron chi connectivity index (χ0n) is 10.1. The highest BCUT2D eigenvalue weighted by Gasteiger charge is 2.11. The summed E-state index contributed by atoms with van der Waals surface area (Å²) in [5, 5.41) is 3.71. The van der Waals surface area contributed by atoms with Crippen molar-refractivity contribution in [2.45, 2.75) is 25.6 Å². The SMILES string of the molecule is CC(C)NCCS(=O)(=O)Cc1ccc(Cl)cc1. The summed E-state index contributed by atoms with van der Waals surface area (Å²) in [6, 6.07) is 7.21. The van der Waals surface area contributed by atoms with Gasteiger partial charge in [-0.25, -0.2) is 8.42 Å². The van der Waals surface area contributed by atoms with Gasteiger partial charge in [0.1, 0.15) is 0 Å². The highest BCUT2D eigenvalue weighted by atomic mass is 35.5. The van der Waals surface area contributed by atoms with E-state index in [9.17, 15) is 8.42 Å². The van der Waals surface area contributed by atoms with Crippen molar-refractivity contribution in [3.8, 4) is 0 Å². The predicted molar refractivity (Wildman–Crippen MR) is 72.1 cm³/mol. The Morgan fingerprint density at radius 1 is 1.24 bits per heavy atom. The molecule has 0 saturated heterocycles. The molecule has 0 aliphatic rings. The zero-order chi connectivity index (χ0) is 12.9. The summed E-state index contributed by atoms with van der Waals surface area (Å²) < 4.78 is 23.6. The average Bonchev–Trinajstić information content (AvgIpc) is 2.20. The molecule has 17 heavy (non-hydrogen) atoms. The van der Waals surface area contributed by atoms with Crippen LogP contribution in [0.15, 0.2) is 24.3 Å². The van der Waals surface area contributed by atoms with E-state index in [1.54, 1.807) is 24.3 Å². The molecule has 96 valence electrons. The monoisotopic (exact) mass is 275 g/mol. The summed E-state index contributed by atoms with van der Waals surface area (Å²) in [7, 11) is -3.05. The third-order valence-electron chi connectivity index (χ3n) is 2.27. The van der Waals surface area contributed by atoms with E-state index in [4.69, 9.17) is 11.6 Å². The van der Waals surface area contributed by atoms with Gasteiger partial charge in [-0.3, -0.25) is 0 Å². The molecule has 5 heteroatoms. The first-order chi connectivity index (χ1) is 7.89. The van der Waals surface area contributed by atoms with Crippen LogP contribution < -0.4 is 5.32 Å². The largest absolute Gasteiger partial charge is 0.314 e. The maximum Gasteiger partial charge on any atom is 0.155 e. The van der Waals surface area contributed by atoms with Crippen molar-refractivity contribution < 1.29 is 8.42 Å². The number of sulfone groups is 1. The van der Waals surface area contributed by atoms with Crippen molar-refractivity contribution >= 4 is 21.4 Å². The third kappa shape index (κ3) is 6.05. The average molecular weight is 276 g/mol. The summed E-state index contributed by atoms with van der Waals surface area (Å²) in [5.41, 5.74) is 0.777. The van der Waals surface area contributed by atoms with Gasteiger partial charge in [0.2, 0.25) is 0 Å². The van der Waals surface area contributed by atoms with Crippen LogP contribution in [0, 0.1) is 0 Å². The third-order valence-corrected chi connectivity index (χ3v) is 4.12. The van der Waals surface area contributed by atoms with E-state index in [2.05, 4.69) is 5.32 Å². The molecule has 1 aromatic rings. The van der Waals surface area contributed by atoms with Gasteiger partial charge in [0, 0.05) is 17.6 Å². The van der Waals surface area contributed by atoms with E-state index >= 15 is 0 Å². The number of nitrogens with one attached hydrogen (secondary N) is 1. The van der Waals surface area contributed by atoms with Crippen LogP contribution in [0.3, 0.4) is 0 Å². The summed E-state index contributed by atoms with van der Waals surface area (Å²) in [6.07, 6.45) is 0. The maximum absolute atomic E-state index is 11.8. The van der Waals surface area contributed by atoms with E-state index in [1.807, 2.05) is 13.8 Å². The Balaban J connectivity index is 2.52. The predicted octanol–water partition coefficient (Wildman–Crippen LogP) is 2.25. The standard InChI is InChI=1S/C12H18ClNO2S/c1-10(2)14-7-8-17(15,16)9-11-3-5-12(13)6-4-11/h3-6,10,14H,7-9H2,1-2H3. The van der Waals surface area contributed by atoms with Gasteiger partial charge in [0.15, 0.2) is 9.84 Å². The highest BCUT2D eigenvalue weighted by molar-refractivity contribution is 7.90. The Labute approximate surface area is 108 Å². The van der Waals surface area contributed by atoms with Crippen molar-refractivity contribution in [3.63, 3.8) is 0 Å². The topological polar surface area (TPSA) is 46.2 Å². The maximum atomic E-state index is 11.8. The fraction of sp³-hybridized carbons (Fsp3) is 0.500. The first-order valence-electron chi connectivity index (χ1n) is 5.57. The Bertz CT molecular complexity index is 440. The number of hydrogen-bond donors (Lipinski definition) is 1. The van der Waals surface area contributed by atoms with Crippen molar-refractivity contribution in [3.05, 3.63) is 34.9 Å². The minimum atomic E-state index is -3.05. The summed E-state index contributed by atoms with van der Waals surface area (Å²) in [4.78, 5) is 0. The van der Waals surface area contributed by atoms with Crippen LogP contribution >= 0.6 is 11.6 Å². The lowest BCUT2D eigenvalue weighted by atomic mass is 10.2. The number of halogens is 1. The second-order valence-electron chi connectivity index (χ2n) is 4.33. The van der Waals surface area contributed by atoms with Crippen LogP contribution in [-0.4, -0.2) is 26.8 Å². The quantitative estimate of drug-likeness (QED) is 0.866. The lowest BCUT2D eigenvalue weighted by Crippen LogP contribution is -2.29. The molecule has 0 fully saturated rings. The minimum absolute atomic E-state index is 0.0734. The smallest absolute Gasteiger partial charge is 0.155 e. The van der Waals surface area contributed by atoms with Crippen LogP contribution in [-0.2, 0) is 15.6 Å². The van der Waals surface area contributed by atoms with E-state index in [-0.39, 0.29) is 11.5 Å². The summed E-state index contributed by atoms with van der Waals surface area (Å²) in [6.45, 7) is 4.48. The van der Waals surface area contributed by atoms with E-state index in [0.717, 1.165) is 5.56 Å². The number of rotatable bonds is 6. The van der Waals surface area contributed by atoms with Crippen molar-refractivity contribution in [1.82, 2.24) is 5.32 Å². The van der Waals surface area contributed by atoms with Crippen molar-refractivity contribution in [2.24, 2.45) is 0 Å². The van der Waals surface area contributed by atoms with Crippen molar-refractivity contribution in [2.75, 3.05) is 12.3 Å². The Hall–Kier alpha value is -0.580. The normalized spacial score (nSPS) is 12.0. The minimum Gasteiger partial charge on any atom is -0.314 e. The van der Waals surface area contributed by atoms with E-state index < -0.39 is 9.84 Å². The highest BCUT2D eigenvalue weighted by Crippen LogP contribution is 2.12. The molecule has 0 aromatic heterocycles. The molecule has 0 saturated carbocycles. The van der Waals surface area contributed by atoms with Crippen molar-refractivity contribution in [1.29, 1.82) is 0 Å². The van der Waals surface area contributed by atoms with Gasteiger partial charge in [-0.1, -0.05) is 37.6 Å². The van der Waals surface area contributed by atoms with E-state index in [0.29, 0.717) is 17.6 Å². The molecule has 1 rings (SSSR count). The molecular weight excluding hydrogens is 258 g/mol. The molecule has 0 bridgehead atoms. The van der Waals surface area contributed by atoms with E-state index in [1.165, 1.54) is 0 Å². The fourth-order valence-corrected chi connectivity index (χ4v) is 2.81.